The number of non-ortho nitro benzene ring substituents is 1. The van der Waals surface area contributed by atoms with Gasteiger partial charge < -0.3 is 9.64 Å². The van der Waals surface area contributed by atoms with Gasteiger partial charge in [0, 0.05) is 30.4 Å². The fourth-order valence-electron chi connectivity index (χ4n) is 2.48. The van der Waals surface area contributed by atoms with Gasteiger partial charge in [-0.2, -0.15) is 26.3 Å². The summed E-state index contributed by atoms with van der Waals surface area (Å²) in [7, 11) is 1.12. The Hall–Kier alpha value is -3.31. The van der Waals surface area contributed by atoms with Crippen LogP contribution in [0, 0.1) is 10.1 Å². The molecule has 162 valence electrons. The molecule has 0 spiro atoms. The van der Waals surface area contributed by atoms with E-state index in [2.05, 4.69) is 4.74 Å². The number of hydrogen-bond acceptors (Lipinski definition) is 5. The predicted molar refractivity (Wildman–Crippen MR) is 93.1 cm³/mol. The van der Waals surface area contributed by atoms with Crippen molar-refractivity contribution in [3.8, 4) is 0 Å². The summed E-state index contributed by atoms with van der Waals surface area (Å²) in [6.45, 7) is -1.30. The van der Waals surface area contributed by atoms with Crippen LogP contribution >= 0.6 is 0 Å². The summed E-state index contributed by atoms with van der Waals surface area (Å²) in [5.41, 5.74) is -1.19. The molecule has 0 saturated carbocycles. The Balaban J connectivity index is 2.21. The molecule has 2 aromatic rings. The van der Waals surface area contributed by atoms with Crippen molar-refractivity contribution >= 4 is 17.3 Å². The number of halogens is 6. The van der Waals surface area contributed by atoms with Gasteiger partial charge in [0.05, 0.1) is 10.5 Å². The van der Waals surface area contributed by atoms with E-state index in [1.54, 1.807) is 0 Å². The van der Waals surface area contributed by atoms with E-state index in [-0.39, 0.29) is 16.9 Å². The van der Waals surface area contributed by atoms with E-state index in [4.69, 9.17) is 0 Å². The smallest absolute Gasteiger partial charge is 0.429 e. The largest absolute Gasteiger partial charge is 0.444 e. The van der Waals surface area contributed by atoms with Crippen molar-refractivity contribution in [2.45, 2.75) is 18.5 Å². The van der Waals surface area contributed by atoms with Crippen molar-refractivity contribution in [2.75, 3.05) is 18.5 Å². The third kappa shape index (κ3) is 6.09. The minimum absolute atomic E-state index is 0.0127. The summed E-state index contributed by atoms with van der Waals surface area (Å²) >= 11 is 0. The van der Waals surface area contributed by atoms with Crippen molar-refractivity contribution in [3.63, 3.8) is 0 Å². The molecule has 12 heteroatoms. The highest BCUT2D eigenvalue weighted by Crippen LogP contribution is 2.37. The van der Waals surface area contributed by atoms with E-state index in [1.807, 2.05) is 0 Å². The molecule has 0 amide bonds. The minimum atomic E-state index is -5.00. The SMILES string of the molecule is CN(CC(F)(F)F)c1ccc(C(OC(=O)c2ccc([N+](=O)[O-])cc2)C(F)(F)F)cc1. The number of alkyl halides is 6. The van der Waals surface area contributed by atoms with Gasteiger partial charge in [-0.05, 0) is 24.3 Å². The van der Waals surface area contributed by atoms with E-state index in [0.717, 1.165) is 60.5 Å². The molecule has 0 N–H and O–H groups in total. The fourth-order valence-corrected chi connectivity index (χ4v) is 2.48. The molecule has 0 saturated heterocycles. The summed E-state index contributed by atoms with van der Waals surface area (Å²) in [5.74, 6) is -1.37. The normalized spacial score (nSPS) is 12.9. The average Bonchev–Trinajstić information content (AvgIpc) is 2.64. The van der Waals surface area contributed by atoms with Crippen molar-refractivity contribution in [2.24, 2.45) is 0 Å². The number of nitro benzene ring substituents is 1. The van der Waals surface area contributed by atoms with Gasteiger partial charge in [0.15, 0.2) is 0 Å². The monoisotopic (exact) mass is 436 g/mol. The van der Waals surface area contributed by atoms with Gasteiger partial charge in [0.1, 0.15) is 6.54 Å². The number of rotatable bonds is 6. The molecule has 0 bridgehead atoms. The van der Waals surface area contributed by atoms with Gasteiger partial charge in [-0.3, -0.25) is 10.1 Å². The Morgan fingerprint density at radius 2 is 1.57 bits per heavy atom. The Bertz CT molecular complexity index is 895. The molecule has 0 radical (unpaired) electrons. The van der Waals surface area contributed by atoms with E-state index < -0.39 is 41.5 Å². The number of nitro groups is 1. The van der Waals surface area contributed by atoms with Gasteiger partial charge in [-0.1, -0.05) is 12.1 Å². The second-order valence-electron chi connectivity index (χ2n) is 6.19. The number of nitrogens with zero attached hydrogens (tertiary/aromatic N) is 2. The van der Waals surface area contributed by atoms with E-state index >= 15 is 0 Å². The first kappa shape index (κ1) is 23.0. The molecule has 0 heterocycles. The van der Waals surface area contributed by atoms with Gasteiger partial charge in [-0.15, -0.1) is 0 Å². The Morgan fingerprint density at radius 1 is 1.03 bits per heavy atom. The number of ether oxygens (including phenoxy) is 1. The molecule has 0 fully saturated rings. The number of benzene rings is 2. The lowest BCUT2D eigenvalue weighted by Crippen LogP contribution is -2.31. The summed E-state index contributed by atoms with van der Waals surface area (Å²) in [6.07, 6.45) is -12.2. The van der Waals surface area contributed by atoms with Crippen molar-refractivity contribution in [1.29, 1.82) is 0 Å². The summed E-state index contributed by atoms with van der Waals surface area (Å²) in [6, 6.07) is 7.66. The van der Waals surface area contributed by atoms with Gasteiger partial charge >= 0.3 is 18.3 Å². The van der Waals surface area contributed by atoms with Crippen molar-refractivity contribution < 1.29 is 40.8 Å². The number of esters is 1. The van der Waals surface area contributed by atoms with Crippen molar-refractivity contribution in [3.05, 3.63) is 69.8 Å². The average molecular weight is 436 g/mol. The zero-order valence-corrected chi connectivity index (χ0v) is 15.2. The number of carbonyl (C=O) groups is 1. The van der Waals surface area contributed by atoms with Crippen LogP contribution in [0.2, 0.25) is 0 Å². The molecule has 1 unspecified atom stereocenters. The molecule has 1 atom stereocenters. The Labute approximate surface area is 165 Å². The van der Waals surface area contributed by atoms with Crippen LogP contribution in [-0.4, -0.2) is 36.8 Å². The molecule has 0 aliphatic heterocycles. The van der Waals surface area contributed by atoms with Crippen LogP contribution in [-0.2, 0) is 4.74 Å². The first-order valence-corrected chi connectivity index (χ1v) is 8.18. The van der Waals surface area contributed by atoms with Gasteiger partial charge in [0.2, 0.25) is 6.10 Å². The zero-order chi connectivity index (χ0) is 22.7. The maximum Gasteiger partial charge on any atom is 0.429 e. The van der Waals surface area contributed by atoms with E-state index in [1.165, 1.54) is 0 Å². The first-order chi connectivity index (χ1) is 13.8. The van der Waals surface area contributed by atoms with Crippen LogP contribution in [0.4, 0.5) is 37.7 Å². The molecule has 0 aromatic heterocycles. The Morgan fingerprint density at radius 3 is 2.00 bits per heavy atom. The topological polar surface area (TPSA) is 72.7 Å². The number of anilines is 1. The zero-order valence-electron chi connectivity index (χ0n) is 15.2. The van der Waals surface area contributed by atoms with Crippen LogP contribution in [0.1, 0.15) is 22.0 Å². The molecule has 30 heavy (non-hydrogen) atoms. The maximum atomic E-state index is 13.4. The number of hydrogen-bond donors (Lipinski definition) is 0. The Kier molecular flexibility index (Phi) is 6.58. The lowest BCUT2D eigenvalue weighted by Gasteiger charge is -2.23. The highest BCUT2D eigenvalue weighted by atomic mass is 19.4. The van der Waals surface area contributed by atoms with Crippen LogP contribution in [0.5, 0.6) is 0 Å². The maximum absolute atomic E-state index is 13.4. The molecular weight excluding hydrogens is 422 g/mol. The predicted octanol–water partition coefficient (Wildman–Crippen LogP) is 5.05. The molecule has 6 nitrogen and oxygen atoms in total. The van der Waals surface area contributed by atoms with E-state index in [9.17, 15) is 41.3 Å². The van der Waals surface area contributed by atoms with Crippen LogP contribution in [0.3, 0.4) is 0 Å². The lowest BCUT2D eigenvalue weighted by atomic mass is 10.1. The lowest BCUT2D eigenvalue weighted by molar-refractivity contribution is -0.384. The summed E-state index contributed by atoms with van der Waals surface area (Å²) in [4.78, 5) is 22.7. The molecular formula is C18H14F6N2O4. The molecule has 2 rings (SSSR count). The first-order valence-electron chi connectivity index (χ1n) is 8.18. The summed E-state index contributed by atoms with van der Waals surface area (Å²) < 4.78 is 82.1. The van der Waals surface area contributed by atoms with Crippen LogP contribution in [0.15, 0.2) is 48.5 Å². The number of carbonyl (C=O) groups excluding carboxylic acids is 1. The standard InChI is InChI=1S/C18H14F6N2O4/c1-25(10-17(19,20)21)13-6-2-11(3-7-13)15(18(22,23)24)30-16(27)12-4-8-14(9-5-12)26(28)29/h2-9,15H,10H2,1H3. The quantitative estimate of drug-likeness (QED) is 0.274. The third-order valence-corrected chi connectivity index (χ3v) is 3.89. The molecule has 0 aliphatic rings. The summed E-state index contributed by atoms with van der Waals surface area (Å²) in [5, 5.41) is 10.6. The second-order valence-corrected chi connectivity index (χ2v) is 6.19. The van der Waals surface area contributed by atoms with Crippen LogP contribution < -0.4 is 4.90 Å². The third-order valence-electron chi connectivity index (χ3n) is 3.89. The molecule has 2 aromatic carbocycles. The van der Waals surface area contributed by atoms with Gasteiger partial charge in [0.25, 0.3) is 5.69 Å². The highest BCUT2D eigenvalue weighted by Gasteiger charge is 2.44. The molecule has 0 aliphatic carbocycles. The van der Waals surface area contributed by atoms with Crippen molar-refractivity contribution in [1.82, 2.24) is 0 Å². The van der Waals surface area contributed by atoms with Gasteiger partial charge in [-0.25, -0.2) is 4.79 Å². The van der Waals surface area contributed by atoms with E-state index in [0.29, 0.717) is 0 Å². The second kappa shape index (κ2) is 8.59. The van der Waals surface area contributed by atoms with Crippen LogP contribution in [0.25, 0.3) is 0 Å². The fraction of sp³-hybridized carbons (Fsp3) is 0.278. The minimum Gasteiger partial charge on any atom is -0.444 e. The highest BCUT2D eigenvalue weighted by molar-refractivity contribution is 5.89.